The van der Waals surface area contributed by atoms with E-state index in [1.165, 1.54) is 5.39 Å². The molecule has 0 saturated heterocycles. The minimum absolute atomic E-state index is 0.525. The molecule has 352 valence electrons. The van der Waals surface area contributed by atoms with Crippen LogP contribution < -0.4 is 0 Å². The molecule has 17 rings (SSSR count). The highest BCUT2D eigenvalue weighted by atomic mass is 16.3. The summed E-state index contributed by atoms with van der Waals surface area (Å²) in [5.74, 6) is 1.62. The van der Waals surface area contributed by atoms with Crippen molar-refractivity contribution in [1.82, 2.24) is 24.1 Å². The second-order valence-corrected chi connectivity index (χ2v) is 19.8. The van der Waals surface area contributed by atoms with Crippen molar-refractivity contribution in [2.24, 2.45) is 0 Å². The van der Waals surface area contributed by atoms with Gasteiger partial charge in [0.2, 0.25) is 0 Å². The van der Waals surface area contributed by atoms with Crippen LogP contribution in [0.4, 0.5) is 0 Å². The molecule has 0 saturated carbocycles. The Morgan fingerprint density at radius 2 is 0.882 bits per heavy atom. The Labute approximate surface area is 432 Å². The van der Waals surface area contributed by atoms with Crippen LogP contribution in [0.25, 0.3) is 165 Å². The lowest BCUT2D eigenvalue weighted by molar-refractivity contribution is 0.669. The van der Waals surface area contributed by atoms with Crippen LogP contribution in [0.3, 0.4) is 0 Å². The van der Waals surface area contributed by atoms with E-state index in [-0.39, 0.29) is 0 Å². The molecule has 12 aromatic carbocycles. The lowest BCUT2D eigenvalue weighted by Crippen LogP contribution is -2.04. The van der Waals surface area contributed by atoms with Crippen LogP contribution in [0, 0.1) is 0 Å². The van der Waals surface area contributed by atoms with E-state index < -0.39 is 0 Å². The Morgan fingerprint density at radius 3 is 1.68 bits per heavy atom. The van der Waals surface area contributed by atoms with E-state index in [1.54, 1.807) is 0 Å². The average Bonchev–Trinajstić information content (AvgIpc) is 4.40. The summed E-state index contributed by atoms with van der Waals surface area (Å²) in [5, 5.41) is 15.2. The van der Waals surface area contributed by atoms with Gasteiger partial charge < -0.3 is 18.0 Å². The van der Waals surface area contributed by atoms with Gasteiger partial charge in [-0.2, -0.15) is 0 Å². The van der Waals surface area contributed by atoms with Gasteiger partial charge in [-0.05, 0) is 82.2 Å². The molecule has 0 amide bonds. The molecule has 5 heterocycles. The predicted octanol–water partition coefficient (Wildman–Crippen LogP) is 18.3. The van der Waals surface area contributed by atoms with Gasteiger partial charge in [0.25, 0.3) is 0 Å². The van der Waals surface area contributed by atoms with E-state index in [0.29, 0.717) is 17.5 Å². The first-order chi connectivity index (χ1) is 37.7. The number of hydrogen-bond donors (Lipinski definition) is 0. The van der Waals surface area contributed by atoms with Gasteiger partial charge in [0.05, 0.1) is 27.8 Å². The minimum Gasteiger partial charge on any atom is -0.456 e. The summed E-state index contributed by atoms with van der Waals surface area (Å²) in [7, 11) is 0. The van der Waals surface area contributed by atoms with Crippen LogP contribution in [0.2, 0.25) is 0 Å². The van der Waals surface area contributed by atoms with E-state index in [9.17, 15) is 0 Å². The lowest BCUT2D eigenvalue weighted by Gasteiger charge is -2.16. The van der Waals surface area contributed by atoms with Gasteiger partial charge in [-0.25, -0.2) is 15.0 Å². The number of aromatic nitrogens is 5. The third-order valence-corrected chi connectivity index (χ3v) is 15.7. The number of nitrogens with zero attached hydrogens (tertiary/aromatic N) is 5. The highest BCUT2D eigenvalue weighted by molar-refractivity contribution is 6.22. The first-order valence-corrected chi connectivity index (χ1v) is 25.7. The molecule has 0 unspecified atom stereocenters. The van der Waals surface area contributed by atoms with Crippen LogP contribution in [-0.4, -0.2) is 24.1 Å². The third kappa shape index (κ3) is 5.85. The summed E-state index contributed by atoms with van der Waals surface area (Å²) in [5.41, 5.74) is 12.0. The molecule has 17 aromatic rings. The molecule has 0 bridgehead atoms. The Hall–Kier alpha value is -10.4. The van der Waals surface area contributed by atoms with E-state index in [2.05, 4.69) is 221 Å². The van der Waals surface area contributed by atoms with Crippen LogP contribution in [-0.2, 0) is 0 Å². The van der Waals surface area contributed by atoms with Gasteiger partial charge in [0.15, 0.2) is 17.5 Å². The maximum Gasteiger partial charge on any atom is 0.166 e. The van der Waals surface area contributed by atoms with E-state index in [4.69, 9.17) is 23.8 Å². The first-order valence-electron chi connectivity index (χ1n) is 25.7. The molecule has 5 aromatic heterocycles. The summed E-state index contributed by atoms with van der Waals surface area (Å²) in [6.45, 7) is 0. The standard InChI is InChI=1S/C69H39N5O2/c1-2-20-44(21-3-1)73-56-28-12-10-24-49(56)63-51(26-14-29-57(63)73)67-70-68(52-27-15-31-61-64(52)50-25-11-13-30-60(50)75-61)72-69(71-67)55-38-54-48-35-33-41-17-7-9-23-46(41)66(48)76-62(54)39-59(55)74-58-37-43-19-5-4-18-42(43)36-53(58)47-34-32-40-16-6-8-22-45(40)65(47)74/h1-39H. The second kappa shape index (κ2) is 15.6. The molecule has 0 aliphatic rings. The predicted molar refractivity (Wildman–Crippen MR) is 312 cm³/mol. The normalized spacial score (nSPS) is 12.2. The van der Waals surface area contributed by atoms with Gasteiger partial charge >= 0.3 is 0 Å². The minimum atomic E-state index is 0.525. The summed E-state index contributed by atoms with van der Waals surface area (Å²) in [6.07, 6.45) is 0. The van der Waals surface area contributed by atoms with Gasteiger partial charge in [-0.15, -0.1) is 0 Å². The van der Waals surface area contributed by atoms with Crippen molar-refractivity contribution in [2.45, 2.75) is 0 Å². The zero-order valence-corrected chi connectivity index (χ0v) is 40.6. The number of rotatable bonds is 5. The highest BCUT2D eigenvalue weighted by Crippen LogP contribution is 2.46. The fourth-order valence-corrected chi connectivity index (χ4v) is 12.4. The largest absolute Gasteiger partial charge is 0.456 e. The molecule has 76 heavy (non-hydrogen) atoms. The van der Waals surface area contributed by atoms with Crippen molar-refractivity contribution in [2.75, 3.05) is 0 Å². The van der Waals surface area contributed by atoms with Crippen molar-refractivity contribution >= 4 is 120 Å². The second-order valence-electron chi connectivity index (χ2n) is 19.8. The van der Waals surface area contributed by atoms with E-state index in [1.807, 2.05) is 24.3 Å². The van der Waals surface area contributed by atoms with Crippen molar-refractivity contribution in [1.29, 1.82) is 0 Å². The van der Waals surface area contributed by atoms with Crippen LogP contribution in [0.5, 0.6) is 0 Å². The van der Waals surface area contributed by atoms with Gasteiger partial charge in [-0.1, -0.05) is 170 Å². The van der Waals surface area contributed by atoms with E-state index >= 15 is 0 Å². The lowest BCUT2D eigenvalue weighted by atomic mass is 10.0. The number of fused-ring (bicyclic) bond motifs is 17. The molecule has 0 atom stereocenters. The van der Waals surface area contributed by atoms with Crippen LogP contribution in [0.1, 0.15) is 0 Å². The molecule has 7 heteroatoms. The molecule has 0 aliphatic carbocycles. The molecule has 7 nitrogen and oxygen atoms in total. The maximum absolute atomic E-state index is 7.09. The van der Waals surface area contributed by atoms with Gasteiger partial charge in [0.1, 0.15) is 22.3 Å². The van der Waals surface area contributed by atoms with Crippen molar-refractivity contribution < 1.29 is 8.83 Å². The smallest absolute Gasteiger partial charge is 0.166 e. The molecular weight excluding hydrogens is 931 g/mol. The number of hydrogen-bond acceptors (Lipinski definition) is 5. The van der Waals surface area contributed by atoms with Crippen molar-refractivity contribution in [3.63, 3.8) is 0 Å². The fourth-order valence-electron chi connectivity index (χ4n) is 12.4. The zero-order chi connectivity index (χ0) is 49.6. The number of benzene rings is 12. The molecular formula is C69H39N5O2. The van der Waals surface area contributed by atoms with Gasteiger partial charge in [0, 0.05) is 82.3 Å². The summed E-state index contributed by atoms with van der Waals surface area (Å²) < 4.78 is 18.4. The molecule has 0 radical (unpaired) electrons. The number of para-hydroxylation sites is 3. The van der Waals surface area contributed by atoms with Gasteiger partial charge in [-0.3, -0.25) is 0 Å². The highest BCUT2D eigenvalue weighted by Gasteiger charge is 2.26. The average molecular weight is 970 g/mol. The Bertz CT molecular complexity index is 5310. The van der Waals surface area contributed by atoms with Crippen LogP contribution in [0.15, 0.2) is 245 Å². The summed E-state index contributed by atoms with van der Waals surface area (Å²) in [6, 6.07) is 83.8. The topological polar surface area (TPSA) is 74.8 Å². The molecule has 0 N–H and O–H groups in total. The van der Waals surface area contributed by atoms with Crippen LogP contribution >= 0.6 is 0 Å². The van der Waals surface area contributed by atoms with E-state index in [0.717, 1.165) is 142 Å². The first kappa shape index (κ1) is 41.1. The molecule has 0 fully saturated rings. The van der Waals surface area contributed by atoms with Crippen molar-refractivity contribution in [3.05, 3.63) is 237 Å². The Kier molecular flexibility index (Phi) is 8.43. The fraction of sp³-hybridized carbons (Fsp3) is 0. The number of furan rings is 2. The zero-order valence-electron chi connectivity index (χ0n) is 40.6. The summed E-state index contributed by atoms with van der Waals surface area (Å²) in [4.78, 5) is 17.0. The monoisotopic (exact) mass is 969 g/mol. The Morgan fingerprint density at radius 1 is 0.289 bits per heavy atom. The molecule has 0 spiro atoms. The maximum atomic E-state index is 7.09. The third-order valence-electron chi connectivity index (χ3n) is 15.7. The van der Waals surface area contributed by atoms with Crippen molar-refractivity contribution in [3.8, 4) is 45.5 Å². The quantitative estimate of drug-likeness (QED) is 0.172. The molecule has 0 aliphatic heterocycles. The SMILES string of the molecule is c1ccc(-n2c3ccccc3c3c(-c4nc(-c5cc6c(cc5-n5c7cc8ccccc8cc7c7ccc8ccccc8c75)oc5c7ccccc7ccc65)nc(-c5cccc6oc7ccccc7c56)n4)cccc32)cc1. The Balaban J connectivity index is 1.04. The summed E-state index contributed by atoms with van der Waals surface area (Å²) >= 11 is 0.